The lowest BCUT2D eigenvalue weighted by Crippen LogP contribution is -2.53. The van der Waals surface area contributed by atoms with Gasteiger partial charge in [-0.1, -0.05) is 60.2 Å². The van der Waals surface area contributed by atoms with Crippen LogP contribution in [0.3, 0.4) is 0 Å². The van der Waals surface area contributed by atoms with Crippen LogP contribution >= 0.6 is 0 Å². The molecule has 4 nitrogen and oxygen atoms in total. The zero-order chi connectivity index (χ0) is 20.9. The van der Waals surface area contributed by atoms with Crippen LogP contribution < -0.4 is 0 Å². The number of hydrogen-bond donors (Lipinski definition) is 0. The molecule has 4 aromatic rings. The largest absolute Gasteiger partial charge is 0.454 e. The lowest BCUT2D eigenvalue weighted by molar-refractivity contribution is -0.271. The summed E-state index contributed by atoms with van der Waals surface area (Å²) in [6.07, 6.45) is -4.79. The van der Waals surface area contributed by atoms with Crippen LogP contribution in [0.4, 0.5) is 19.1 Å². The van der Waals surface area contributed by atoms with Gasteiger partial charge in [-0.05, 0) is 31.2 Å². The molecule has 0 spiro atoms. The number of benzene rings is 3. The van der Waals surface area contributed by atoms with Gasteiger partial charge in [-0.3, -0.25) is 4.57 Å². The number of halogens is 3. The van der Waals surface area contributed by atoms with Crippen LogP contribution in [0.1, 0.15) is 16.7 Å². The molecule has 30 heavy (non-hydrogen) atoms. The maximum Gasteiger partial charge on any atom is 0.454 e. The van der Waals surface area contributed by atoms with E-state index in [2.05, 4.69) is 9.98 Å². The quantitative estimate of drug-likeness (QED) is 0.427. The van der Waals surface area contributed by atoms with Gasteiger partial charge < -0.3 is 4.74 Å². The fourth-order valence-electron chi connectivity index (χ4n) is 3.72. The summed E-state index contributed by atoms with van der Waals surface area (Å²) in [5, 5.41) is 0. The molecule has 150 valence electrons. The number of nitrogens with zero attached hydrogens (tertiary/aromatic N) is 3. The van der Waals surface area contributed by atoms with Gasteiger partial charge in [-0.15, -0.1) is 0 Å². The zero-order valence-electron chi connectivity index (χ0n) is 15.9. The lowest BCUT2D eigenvalue weighted by atomic mass is 10.00. The van der Waals surface area contributed by atoms with Crippen LogP contribution in [0.5, 0.6) is 0 Å². The van der Waals surface area contributed by atoms with Crippen molar-refractivity contribution in [2.75, 3.05) is 0 Å². The van der Waals surface area contributed by atoms with E-state index in [0.29, 0.717) is 16.6 Å². The predicted octanol–water partition coefficient (Wildman–Crippen LogP) is 5.72. The normalized spacial score (nSPS) is 18.6. The molecule has 1 aromatic heterocycles. The van der Waals surface area contributed by atoms with Gasteiger partial charge in [0.05, 0.1) is 11.0 Å². The first kappa shape index (κ1) is 18.4. The number of hydrogen-bond acceptors (Lipinski definition) is 3. The third-order valence-electron chi connectivity index (χ3n) is 5.15. The first-order valence-electron chi connectivity index (χ1n) is 9.35. The molecule has 7 heteroatoms. The summed E-state index contributed by atoms with van der Waals surface area (Å²) in [5.74, 6) is -0.182. The maximum atomic E-state index is 14.9. The fourth-order valence-corrected chi connectivity index (χ4v) is 3.72. The van der Waals surface area contributed by atoms with Crippen molar-refractivity contribution in [2.45, 2.75) is 18.8 Å². The Balaban J connectivity index is 1.87. The van der Waals surface area contributed by atoms with Gasteiger partial charge in [0, 0.05) is 11.1 Å². The predicted molar refractivity (Wildman–Crippen MR) is 108 cm³/mol. The summed E-state index contributed by atoms with van der Waals surface area (Å²) in [5.41, 5.74) is -0.728. The van der Waals surface area contributed by atoms with Crippen molar-refractivity contribution >= 4 is 22.9 Å². The van der Waals surface area contributed by atoms with Gasteiger partial charge in [0.15, 0.2) is 0 Å². The smallest absolute Gasteiger partial charge is 0.436 e. The van der Waals surface area contributed by atoms with Crippen LogP contribution in [-0.4, -0.2) is 21.6 Å². The van der Waals surface area contributed by atoms with E-state index in [1.54, 1.807) is 66.7 Å². The van der Waals surface area contributed by atoms with E-state index in [1.807, 2.05) is 6.92 Å². The van der Waals surface area contributed by atoms with Gasteiger partial charge in [-0.25, -0.2) is 4.98 Å². The molecule has 0 N–H and O–H groups in total. The Morgan fingerprint density at radius 2 is 1.53 bits per heavy atom. The van der Waals surface area contributed by atoms with E-state index in [9.17, 15) is 13.2 Å². The Morgan fingerprint density at radius 1 is 0.867 bits per heavy atom. The summed E-state index contributed by atoms with van der Waals surface area (Å²) in [7, 11) is 0. The molecule has 0 aliphatic carbocycles. The fraction of sp³-hybridized carbons (Fsp3) is 0.130. The maximum absolute atomic E-state index is 14.9. The van der Waals surface area contributed by atoms with Gasteiger partial charge in [-0.2, -0.15) is 18.2 Å². The Morgan fingerprint density at radius 3 is 2.23 bits per heavy atom. The average Bonchev–Trinajstić information content (AvgIpc) is 3.12. The molecule has 5 rings (SSSR count). The first-order valence-corrected chi connectivity index (χ1v) is 9.35. The molecule has 1 atom stereocenters. The minimum Gasteiger partial charge on any atom is -0.436 e. The molecule has 1 aliphatic rings. The molecule has 0 saturated carbocycles. The van der Waals surface area contributed by atoms with Crippen molar-refractivity contribution in [1.82, 2.24) is 9.55 Å². The highest BCUT2D eigenvalue weighted by Gasteiger charge is 2.63. The monoisotopic (exact) mass is 407 g/mol. The van der Waals surface area contributed by atoms with Crippen molar-refractivity contribution in [3.8, 4) is 0 Å². The summed E-state index contributed by atoms with van der Waals surface area (Å²) in [4.78, 5) is 8.74. The minimum absolute atomic E-state index is 0.0542. The minimum atomic E-state index is -4.79. The van der Waals surface area contributed by atoms with E-state index in [-0.39, 0.29) is 17.4 Å². The summed E-state index contributed by atoms with van der Waals surface area (Å²) in [6, 6.07) is 21.2. The Hall–Kier alpha value is -3.61. The Labute approximate surface area is 170 Å². The molecule has 0 bridgehead atoms. The van der Waals surface area contributed by atoms with Crippen molar-refractivity contribution in [3.63, 3.8) is 0 Å². The molecule has 2 heterocycles. The SMILES string of the molecule is Cc1ccc(C2=Nc3nc4ccccc4n3[C@](c3ccccc3)(C(F)(F)F)O2)cc1. The Kier molecular flexibility index (Phi) is 3.96. The highest BCUT2D eigenvalue weighted by atomic mass is 19.4. The van der Waals surface area contributed by atoms with Crippen molar-refractivity contribution in [2.24, 2.45) is 4.99 Å². The molecule has 0 saturated heterocycles. The molecule has 3 aromatic carbocycles. The van der Waals surface area contributed by atoms with Gasteiger partial charge >= 0.3 is 11.9 Å². The number of aryl methyl sites for hydroxylation is 1. The number of imidazole rings is 1. The van der Waals surface area contributed by atoms with E-state index >= 15 is 0 Å². The topological polar surface area (TPSA) is 39.4 Å². The molecule has 0 unspecified atom stereocenters. The van der Waals surface area contributed by atoms with E-state index in [4.69, 9.17) is 4.74 Å². The molecule has 0 amide bonds. The summed E-state index contributed by atoms with van der Waals surface area (Å²) < 4.78 is 51.5. The van der Waals surface area contributed by atoms with Crippen LogP contribution in [0.2, 0.25) is 0 Å². The van der Waals surface area contributed by atoms with Crippen LogP contribution in [-0.2, 0) is 10.5 Å². The molecule has 0 fully saturated rings. The third-order valence-corrected chi connectivity index (χ3v) is 5.15. The second-order valence-corrected chi connectivity index (χ2v) is 7.13. The van der Waals surface area contributed by atoms with Crippen LogP contribution in [0.25, 0.3) is 11.0 Å². The number of aromatic nitrogens is 2. The summed E-state index contributed by atoms with van der Waals surface area (Å²) in [6.45, 7) is 1.90. The van der Waals surface area contributed by atoms with E-state index < -0.39 is 11.9 Å². The standard InChI is InChI=1S/C23H16F3N3O/c1-15-11-13-16(14-12-15)20-28-21-27-18-9-5-6-10-19(18)29(21)22(30-20,23(24,25)26)17-7-3-2-4-8-17/h2-14H,1H3/t22-/m0/s1. The zero-order valence-corrected chi connectivity index (χ0v) is 15.9. The van der Waals surface area contributed by atoms with Crippen molar-refractivity contribution < 1.29 is 17.9 Å². The third kappa shape index (κ3) is 2.62. The van der Waals surface area contributed by atoms with E-state index in [1.165, 1.54) is 12.1 Å². The number of fused-ring (bicyclic) bond motifs is 3. The Bertz CT molecular complexity index is 1260. The second kappa shape index (κ2) is 6.45. The highest BCUT2D eigenvalue weighted by Crippen LogP contribution is 2.49. The van der Waals surface area contributed by atoms with Crippen molar-refractivity contribution in [1.29, 1.82) is 0 Å². The number of aliphatic imine (C=N–C) groups is 1. The van der Waals surface area contributed by atoms with Crippen molar-refractivity contribution in [3.05, 3.63) is 95.6 Å². The highest BCUT2D eigenvalue weighted by molar-refractivity contribution is 5.97. The van der Waals surface area contributed by atoms with Gasteiger partial charge in [0.2, 0.25) is 11.8 Å². The molecule has 0 radical (unpaired) electrons. The number of alkyl halides is 3. The number of para-hydroxylation sites is 2. The van der Waals surface area contributed by atoms with Crippen LogP contribution in [0, 0.1) is 6.92 Å². The second-order valence-electron chi connectivity index (χ2n) is 7.13. The molecule has 1 aliphatic heterocycles. The van der Waals surface area contributed by atoms with Gasteiger partial charge in [0.1, 0.15) is 0 Å². The summed E-state index contributed by atoms with van der Waals surface area (Å²) >= 11 is 0. The van der Waals surface area contributed by atoms with E-state index in [0.717, 1.165) is 10.1 Å². The average molecular weight is 407 g/mol. The van der Waals surface area contributed by atoms with Crippen LogP contribution in [0.15, 0.2) is 83.9 Å². The molecular weight excluding hydrogens is 391 g/mol. The lowest BCUT2D eigenvalue weighted by Gasteiger charge is -2.40. The first-order chi connectivity index (χ1) is 14.4. The van der Waals surface area contributed by atoms with Gasteiger partial charge in [0.25, 0.3) is 0 Å². The molecular formula is C23H16F3N3O. The number of rotatable bonds is 2. The number of ether oxygens (including phenoxy) is 1.